The van der Waals surface area contributed by atoms with Crippen molar-refractivity contribution in [2.24, 2.45) is 0 Å². The molecule has 0 aliphatic heterocycles. The molecular formula is C8H9O2S-. The van der Waals surface area contributed by atoms with E-state index in [1.54, 1.807) is 0 Å². The van der Waals surface area contributed by atoms with Crippen LogP contribution in [0.3, 0.4) is 0 Å². The van der Waals surface area contributed by atoms with Gasteiger partial charge in [0, 0.05) is 22.1 Å². The average Bonchev–Trinajstić information content (AvgIpc) is 2.10. The van der Waals surface area contributed by atoms with Gasteiger partial charge in [0.2, 0.25) is 0 Å². The molecule has 0 amide bonds. The second-order valence-corrected chi connectivity index (χ2v) is 3.84. The maximum absolute atomic E-state index is 10.2. The van der Waals surface area contributed by atoms with Crippen molar-refractivity contribution >= 4 is 17.3 Å². The molecule has 2 nitrogen and oxygen atoms in total. The summed E-state index contributed by atoms with van der Waals surface area (Å²) in [6.45, 7) is 3.96. The quantitative estimate of drug-likeness (QED) is 0.652. The van der Waals surface area contributed by atoms with E-state index in [-0.39, 0.29) is 6.42 Å². The van der Waals surface area contributed by atoms with Crippen LogP contribution in [0.2, 0.25) is 0 Å². The van der Waals surface area contributed by atoms with Crippen LogP contribution in [0.1, 0.15) is 15.3 Å². The van der Waals surface area contributed by atoms with Crippen LogP contribution < -0.4 is 5.11 Å². The lowest BCUT2D eigenvalue weighted by molar-refractivity contribution is -0.304. The third-order valence-electron chi connectivity index (χ3n) is 1.54. The Labute approximate surface area is 69.5 Å². The number of rotatable bonds is 2. The van der Waals surface area contributed by atoms with Crippen molar-refractivity contribution in [1.82, 2.24) is 0 Å². The summed E-state index contributed by atoms with van der Waals surface area (Å²) >= 11 is 1.52. The summed E-state index contributed by atoms with van der Waals surface area (Å²) in [6.07, 6.45) is 0.0410. The van der Waals surface area contributed by atoms with Crippen molar-refractivity contribution < 1.29 is 9.90 Å². The Morgan fingerprint density at radius 3 is 2.64 bits per heavy atom. The van der Waals surface area contributed by atoms with E-state index < -0.39 is 5.97 Å². The maximum atomic E-state index is 10.2. The highest BCUT2D eigenvalue weighted by Gasteiger charge is 2.00. The second-order valence-electron chi connectivity index (χ2n) is 2.50. The normalized spacial score (nSPS) is 10.0. The molecule has 0 unspecified atom stereocenters. The highest BCUT2D eigenvalue weighted by atomic mass is 32.1. The summed E-state index contributed by atoms with van der Waals surface area (Å²) in [6, 6.07) is 1.90. The van der Waals surface area contributed by atoms with Crippen LogP contribution in [-0.2, 0) is 11.2 Å². The van der Waals surface area contributed by atoms with Gasteiger partial charge in [-0.05, 0) is 25.5 Å². The number of carboxylic acids is 1. The Hall–Kier alpha value is -0.830. The third kappa shape index (κ3) is 2.05. The van der Waals surface area contributed by atoms with Crippen molar-refractivity contribution in [1.29, 1.82) is 0 Å². The van der Waals surface area contributed by atoms with E-state index in [0.29, 0.717) is 0 Å². The van der Waals surface area contributed by atoms with Crippen molar-refractivity contribution in [3.63, 3.8) is 0 Å². The molecule has 1 rings (SSSR count). The number of aryl methyl sites for hydroxylation is 2. The molecule has 0 bridgehead atoms. The number of hydrogen-bond acceptors (Lipinski definition) is 3. The molecule has 0 radical (unpaired) electrons. The lowest BCUT2D eigenvalue weighted by atomic mass is 10.2. The van der Waals surface area contributed by atoms with Gasteiger partial charge < -0.3 is 9.90 Å². The second kappa shape index (κ2) is 3.05. The van der Waals surface area contributed by atoms with Gasteiger partial charge in [-0.25, -0.2) is 0 Å². The molecule has 1 aromatic rings. The van der Waals surface area contributed by atoms with E-state index >= 15 is 0 Å². The van der Waals surface area contributed by atoms with Crippen LogP contribution in [0.15, 0.2) is 6.07 Å². The third-order valence-corrected chi connectivity index (χ3v) is 2.69. The minimum absolute atomic E-state index is 0.0410. The van der Waals surface area contributed by atoms with Crippen LogP contribution in [0.4, 0.5) is 0 Å². The van der Waals surface area contributed by atoms with E-state index in [4.69, 9.17) is 0 Å². The van der Waals surface area contributed by atoms with Crippen LogP contribution in [0.25, 0.3) is 0 Å². The number of aliphatic carboxylic acids is 1. The van der Waals surface area contributed by atoms with Crippen LogP contribution in [0.5, 0.6) is 0 Å². The lowest BCUT2D eigenvalue weighted by Crippen LogP contribution is -2.23. The highest BCUT2D eigenvalue weighted by molar-refractivity contribution is 7.12. The number of carboxylic acid groups (broad SMARTS) is 1. The predicted octanol–water partition coefficient (Wildman–Crippen LogP) is 0.657. The Morgan fingerprint density at radius 2 is 2.27 bits per heavy atom. The molecule has 0 saturated carbocycles. The SMILES string of the molecule is Cc1cc(CC(=O)[O-])sc1C. The van der Waals surface area contributed by atoms with Gasteiger partial charge in [0.05, 0.1) is 0 Å². The van der Waals surface area contributed by atoms with E-state index in [1.807, 2.05) is 19.9 Å². The molecule has 60 valence electrons. The Bertz CT molecular complexity index is 256. The van der Waals surface area contributed by atoms with Crippen molar-refractivity contribution in [3.8, 4) is 0 Å². The summed E-state index contributed by atoms with van der Waals surface area (Å²) < 4.78 is 0. The van der Waals surface area contributed by atoms with E-state index in [2.05, 4.69) is 0 Å². The lowest BCUT2D eigenvalue weighted by Gasteiger charge is -1.95. The summed E-state index contributed by atoms with van der Waals surface area (Å²) in [5, 5.41) is 10.2. The zero-order valence-corrected chi connectivity index (χ0v) is 7.33. The zero-order valence-electron chi connectivity index (χ0n) is 6.51. The van der Waals surface area contributed by atoms with Gasteiger partial charge in [0.15, 0.2) is 0 Å². The van der Waals surface area contributed by atoms with Gasteiger partial charge in [-0.1, -0.05) is 0 Å². The Kier molecular flexibility index (Phi) is 2.29. The van der Waals surface area contributed by atoms with Gasteiger partial charge in [0.25, 0.3) is 0 Å². The van der Waals surface area contributed by atoms with Gasteiger partial charge in [-0.3, -0.25) is 0 Å². The molecular weight excluding hydrogens is 160 g/mol. The molecule has 0 saturated heterocycles. The smallest absolute Gasteiger partial charge is 0.0466 e. The first-order valence-electron chi connectivity index (χ1n) is 3.35. The number of carbonyl (C=O) groups excluding carboxylic acids is 1. The summed E-state index contributed by atoms with van der Waals surface area (Å²) in [5.41, 5.74) is 1.16. The molecule has 1 aromatic heterocycles. The topological polar surface area (TPSA) is 40.1 Å². The Morgan fingerprint density at radius 1 is 1.64 bits per heavy atom. The molecule has 0 fully saturated rings. The zero-order chi connectivity index (χ0) is 8.43. The molecule has 0 atom stereocenters. The van der Waals surface area contributed by atoms with Gasteiger partial charge in [0.1, 0.15) is 0 Å². The van der Waals surface area contributed by atoms with E-state index in [9.17, 15) is 9.90 Å². The van der Waals surface area contributed by atoms with Gasteiger partial charge in [-0.2, -0.15) is 0 Å². The van der Waals surface area contributed by atoms with E-state index in [1.165, 1.54) is 16.2 Å². The van der Waals surface area contributed by atoms with Crippen LogP contribution >= 0.6 is 11.3 Å². The Balaban J connectivity index is 2.81. The van der Waals surface area contributed by atoms with Crippen LogP contribution in [-0.4, -0.2) is 5.97 Å². The molecule has 1 heterocycles. The number of hydrogen-bond donors (Lipinski definition) is 0. The van der Waals surface area contributed by atoms with Crippen molar-refractivity contribution in [2.45, 2.75) is 20.3 Å². The van der Waals surface area contributed by atoms with Gasteiger partial charge >= 0.3 is 0 Å². The monoisotopic (exact) mass is 169 g/mol. The van der Waals surface area contributed by atoms with Gasteiger partial charge in [-0.15, -0.1) is 11.3 Å². The largest absolute Gasteiger partial charge is 0.550 e. The first kappa shape index (κ1) is 8.27. The summed E-state index contributed by atoms with van der Waals surface area (Å²) in [4.78, 5) is 12.2. The number of carbonyl (C=O) groups is 1. The fourth-order valence-electron chi connectivity index (χ4n) is 0.879. The minimum atomic E-state index is -1.01. The fourth-order valence-corrected chi connectivity index (χ4v) is 1.92. The molecule has 0 spiro atoms. The molecule has 11 heavy (non-hydrogen) atoms. The highest BCUT2D eigenvalue weighted by Crippen LogP contribution is 2.20. The summed E-state index contributed by atoms with van der Waals surface area (Å²) in [7, 11) is 0. The number of thiophene rings is 1. The molecule has 0 aromatic carbocycles. The average molecular weight is 169 g/mol. The fraction of sp³-hybridized carbons (Fsp3) is 0.375. The molecule has 0 aliphatic carbocycles. The predicted molar refractivity (Wildman–Crippen MR) is 42.5 cm³/mol. The van der Waals surface area contributed by atoms with Crippen LogP contribution in [0, 0.1) is 13.8 Å². The summed E-state index contributed by atoms with van der Waals surface area (Å²) in [5.74, 6) is -1.01. The molecule has 3 heteroatoms. The maximum Gasteiger partial charge on any atom is 0.0466 e. The first-order chi connectivity index (χ1) is 5.09. The molecule has 0 N–H and O–H groups in total. The molecule has 0 aliphatic rings. The standard InChI is InChI=1S/C8H10O2S/c1-5-3-7(4-8(9)10)11-6(5)2/h3H,4H2,1-2H3,(H,9,10)/p-1. The van der Waals surface area contributed by atoms with Crippen molar-refractivity contribution in [3.05, 3.63) is 21.4 Å². The first-order valence-corrected chi connectivity index (χ1v) is 4.17. The van der Waals surface area contributed by atoms with Crippen molar-refractivity contribution in [2.75, 3.05) is 0 Å². The minimum Gasteiger partial charge on any atom is -0.550 e. The van der Waals surface area contributed by atoms with E-state index in [0.717, 1.165) is 10.4 Å².